The molecular weight excluding hydrogens is 345 g/mol. The first-order valence-corrected chi connectivity index (χ1v) is 8.07. The fourth-order valence-corrected chi connectivity index (χ4v) is 3.41. The number of hydrogen-bond acceptors (Lipinski definition) is 4. The number of methoxy groups -OCH3 is 1. The summed E-state index contributed by atoms with van der Waals surface area (Å²) in [7, 11) is 1.55. The van der Waals surface area contributed by atoms with Gasteiger partial charge in [0.05, 0.1) is 18.4 Å². The van der Waals surface area contributed by atoms with Gasteiger partial charge in [0, 0.05) is 45.4 Å². The van der Waals surface area contributed by atoms with Gasteiger partial charge in [-0.05, 0) is 12.8 Å². The Morgan fingerprint density at radius 3 is 2.44 bits per heavy atom. The third-order valence-corrected chi connectivity index (χ3v) is 4.96. The van der Waals surface area contributed by atoms with Crippen LogP contribution in [0.25, 0.3) is 0 Å². The molecule has 0 saturated carbocycles. The van der Waals surface area contributed by atoms with E-state index in [1.54, 1.807) is 7.11 Å². The molecular formula is C15H23F3N2O5. The highest BCUT2D eigenvalue weighted by molar-refractivity contribution is 5.77. The largest absolute Gasteiger partial charge is 0.481 e. The highest BCUT2D eigenvalue weighted by atomic mass is 19.4. The number of urea groups is 1. The first-order chi connectivity index (χ1) is 11.7. The minimum atomic E-state index is -4.66. The number of amides is 2. The summed E-state index contributed by atoms with van der Waals surface area (Å²) < 4.78 is 49.5. The van der Waals surface area contributed by atoms with Crippen molar-refractivity contribution in [2.45, 2.75) is 19.0 Å². The number of carboxylic acids is 1. The van der Waals surface area contributed by atoms with Crippen molar-refractivity contribution >= 4 is 12.0 Å². The van der Waals surface area contributed by atoms with E-state index in [9.17, 15) is 22.8 Å². The van der Waals surface area contributed by atoms with E-state index in [2.05, 4.69) is 5.32 Å². The maximum atomic E-state index is 13.0. The summed E-state index contributed by atoms with van der Waals surface area (Å²) in [5.41, 5.74) is -0.321. The van der Waals surface area contributed by atoms with Crippen LogP contribution in [0.3, 0.4) is 0 Å². The highest BCUT2D eigenvalue weighted by Gasteiger charge is 2.53. The molecule has 0 spiro atoms. The molecule has 0 aromatic heterocycles. The van der Waals surface area contributed by atoms with Crippen LogP contribution in [-0.4, -0.2) is 74.7 Å². The van der Waals surface area contributed by atoms with E-state index in [0.29, 0.717) is 32.7 Å². The van der Waals surface area contributed by atoms with Crippen LogP contribution in [0.5, 0.6) is 0 Å². The van der Waals surface area contributed by atoms with Gasteiger partial charge in [0.15, 0.2) is 0 Å². The summed E-state index contributed by atoms with van der Waals surface area (Å²) in [6.45, 7) is 0.603. The lowest BCUT2D eigenvalue weighted by molar-refractivity contribution is -0.187. The van der Waals surface area contributed by atoms with Crippen LogP contribution in [0.15, 0.2) is 0 Å². The maximum absolute atomic E-state index is 13.0. The molecule has 2 atom stereocenters. The number of nitrogens with zero attached hydrogens (tertiary/aromatic N) is 1. The number of hydrogen-bond donors (Lipinski definition) is 2. The molecule has 2 aliphatic heterocycles. The lowest BCUT2D eigenvalue weighted by atomic mass is 9.81. The quantitative estimate of drug-likeness (QED) is 0.765. The van der Waals surface area contributed by atoms with Crippen molar-refractivity contribution in [3.8, 4) is 0 Å². The number of rotatable bonds is 5. The van der Waals surface area contributed by atoms with E-state index in [1.807, 2.05) is 0 Å². The second-order valence-corrected chi connectivity index (χ2v) is 6.70. The van der Waals surface area contributed by atoms with Crippen molar-refractivity contribution in [1.29, 1.82) is 0 Å². The minimum Gasteiger partial charge on any atom is -0.481 e. The number of ether oxygens (including phenoxy) is 2. The van der Waals surface area contributed by atoms with Crippen LogP contribution in [0, 0.1) is 17.3 Å². The predicted octanol–water partition coefficient (Wildman–Crippen LogP) is 1.33. The molecule has 2 saturated heterocycles. The average Bonchev–Trinajstić information content (AvgIpc) is 3.00. The van der Waals surface area contributed by atoms with Crippen LogP contribution in [0.1, 0.15) is 12.8 Å². The maximum Gasteiger partial charge on any atom is 0.394 e. The lowest BCUT2D eigenvalue weighted by Gasteiger charge is -2.37. The average molecular weight is 368 g/mol. The van der Waals surface area contributed by atoms with E-state index in [0.717, 1.165) is 4.90 Å². The zero-order chi connectivity index (χ0) is 18.7. The number of aliphatic carboxylic acids is 1. The minimum absolute atomic E-state index is 0.244. The van der Waals surface area contributed by atoms with Gasteiger partial charge in [0.2, 0.25) is 0 Å². The van der Waals surface area contributed by atoms with Gasteiger partial charge < -0.3 is 24.8 Å². The van der Waals surface area contributed by atoms with E-state index in [4.69, 9.17) is 14.6 Å². The predicted molar refractivity (Wildman–Crippen MR) is 80.0 cm³/mol. The number of alkyl halides is 3. The second-order valence-electron chi connectivity index (χ2n) is 6.70. The number of carbonyl (C=O) groups is 2. The summed E-state index contributed by atoms with van der Waals surface area (Å²) in [5.74, 6) is -5.23. The number of halogens is 3. The van der Waals surface area contributed by atoms with Crippen molar-refractivity contribution in [2.24, 2.45) is 17.3 Å². The summed E-state index contributed by atoms with van der Waals surface area (Å²) in [6, 6.07) is -0.681. The first-order valence-electron chi connectivity index (χ1n) is 8.07. The SMILES string of the molecule is COCC1(CNC(=O)N2C[C@@H](C(F)(F)F)[C@H](C(=O)O)C2)CCOCC1. The molecule has 0 unspecified atom stereocenters. The summed E-state index contributed by atoms with van der Waals surface area (Å²) in [5, 5.41) is 11.6. The molecule has 7 nitrogen and oxygen atoms in total. The van der Waals surface area contributed by atoms with Crippen LogP contribution < -0.4 is 5.32 Å². The van der Waals surface area contributed by atoms with Crippen LogP contribution in [-0.2, 0) is 14.3 Å². The van der Waals surface area contributed by atoms with Crippen LogP contribution in [0.4, 0.5) is 18.0 Å². The molecule has 2 N–H and O–H groups in total. The summed E-state index contributed by atoms with van der Waals surface area (Å²) in [6.07, 6.45) is -3.32. The Balaban J connectivity index is 1.97. The Morgan fingerprint density at radius 2 is 1.96 bits per heavy atom. The van der Waals surface area contributed by atoms with Gasteiger partial charge in [-0.2, -0.15) is 13.2 Å². The summed E-state index contributed by atoms with van der Waals surface area (Å²) in [4.78, 5) is 24.3. The second kappa shape index (κ2) is 7.77. The topological polar surface area (TPSA) is 88.1 Å². The highest BCUT2D eigenvalue weighted by Crippen LogP contribution is 2.38. The zero-order valence-electron chi connectivity index (χ0n) is 14.0. The van der Waals surface area contributed by atoms with Gasteiger partial charge >= 0.3 is 18.2 Å². The number of carbonyl (C=O) groups excluding carboxylic acids is 1. The Morgan fingerprint density at radius 1 is 1.32 bits per heavy atom. The van der Waals surface area contributed by atoms with Crippen molar-refractivity contribution in [1.82, 2.24) is 10.2 Å². The molecule has 144 valence electrons. The van der Waals surface area contributed by atoms with Gasteiger partial charge in [-0.15, -0.1) is 0 Å². The fraction of sp³-hybridized carbons (Fsp3) is 0.867. The number of nitrogens with one attached hydrogen (secondary N) is 1. The first kappa shape index (κ1) is 19.8. The third-order valence-electron chi connectivity index (χ3n) is 4.96. The Bertz CT molecular complexity index is 489. The van der Waals surface area contributed by atoms with Crippen molar-refractivity contribution in [3.05, 3.63) is 0 Å². The lowest BCUT2D eigenvalue weighted by Crippen LogP contribution is -2.48. The van der Waals surface area contributed by atoms with Crippen LogP contribution in [0.2, 0.25) is 0 Å². The number of carboxylic acid groups (broad SMARTS) is 1. The molecule has 2 heterocycles. The van der Waals surface area contributed by atoms with Gasteiger partial charge in [0.25, 0.3) is 0 Å². The molecule has 25 heavy (non-hydrogen) atoms. The standard InChI is InChI=1S/C15H23F3N2O5/c1-24-9-14(2-4-25-5-3-14)8-19-13(23)20-6-10(12(21)22)11(7-20)15(16,17)18/h10-11H,2-9H2,1H3,(H,19,23)(H,21,22)/t10-,11-/m1/s1. The molecule has 2 rings (SSSR count). The Labute approximate surface area is 143 Å². The van der Waals surface area contributed by atoms with E-state index < -0.39 is 43.1 Å². The monoisotopic (exact) mass is 368 g/mol. The van der Waals surface area contributed by atoms with Crippen LogP contribution >= 0.6 is 0 Å². The van der Waals surface area contributed by atoms with Gasteiger partial charge in [-0.25, -0.2) is 4.79 Å². The Hall–Kier alpha value is -1.55. The number of likely N-dealkylation sites (tertiary alicyclic amines) is 1. The molecule has 2 amide bonds. The molecule has 0 aromatic rings. The molecule has 0 aromatic carbocycles. The smallest absolute Gasteiger partial charge is 0.394 e. The van der Waals surface area contributed by atoms with Gasteiger partial charge in [-0.3, -0.25) is 4.79 Å². The van der Waals surface area contributed by atoms with E-state index in [-0.39, 0.29) is 12.0 Å². The van der Waals surface area contributed by atoms with Crippen molar-refractivity contribution in [3.63, 3.8) is 0 Å². The van der Waals surface area contributed by atoms with E-state index >= 15 is 0 Å². The van der Waals surface area contributed by atoms with Crippen molar-refractivity contribution in [2.75, 3.05) is 46.6 Å². The van der Waals surface area contributed by atoms with E-state index in [1.165, 1.54) is 0 Å². The molecule has 2 aliphatic rings. The third kappa shape index (κ3) is 4.75. The summed E-state index contributed by atoms with van der Waals surface area (Å²) >= 11 is 0. The molecule has 2 fully saturated rings. The molecule has 0 aliphatic carbocycles. The van der Waals surface area contributed by atoms with Gasteiger partial charge in [0.1, 0.15) is 0 Å². The molecule has 0 bridgehead atoms. The molecule has 0 radical (unpaired) electrons. The van der Waals surface area contributed by atoms with Gasteiger partial charge in [-0.1, -0.05) is 0 Å². The van der Waals surface area contributed by atoms with Crippen molar-refractivity contribution < 1.29 is 37.3 Å². The fourth-order valence-electron chi connectivity index (χ4n) is 3.41. The Kier molecular flexibility index (Phi) is 6.15. The normalized spacial score (nSPS) is 26.5. The zero-order valence-corrected chi connectivity index (χ0v) is 14.0. The molecule has 10 heteroatoms.